The zero-order chi connectivity index (χ0) is 11.5. The average Bonchev–Trinajstić information content (AvgIpc) is 2.98. The fourth-order valence-electron chi connectivity index (χ4n) is 2.05. The summed E-state index contributed by atoms with van der Waals surface area (Å²) in [7, 11) is 0. The van der Waals surface area contributed by atoms with E-state index in [9.17, 15) is 0 Å². The molecule has 0 aromatic carbocycles. The van der Waals surface area contributed by atoms with Gasteiger partial charge in [0.05, 0.1) is 6.20 Å². The van der Waals surface area contributed by atoms with Gasteiger partial charge in [-0.25, -0.2) is 0 Å². The zero-order valence-electron chi connectivity index (χ0n) is 10.7. The lowest BCUT2D eigenvalue weighted by Gasteiger charge is -2.10. The summed E-state index contributed by atoms with van der Waals surface area (Å²) < 4.78 is 2.18. The molecule has 90 valence electrons. The van der Waals surface area contributed by atoms with Crippen molar-refractivity contribution in [1.82, 2.24) is 15.1 Å². The van der Waals surface area contributed by atoms with E-state index < -0.39 is 0 Å². The number of hydrogen-bond donors (Lipinski definition) is 1. The SMILES string of the molecule is CCc1c(CNC2CC2)cnn1CC(C)C. The number of hydrogen-bond acceptors (Lipinski definition) is 2. The molecule has 1 saturated carbocycles. The third-order valence-corrected chi connectivity index (χ3v) is 3.07. The molecule has 16 heavy (non-hydrogen) atoms. The zero-order valence-corrected chi connectivity index (χ0v) is 10.7. The minimum absolute atomic E-state index is 0.662. The quantitative estimate of drug-likeness (QED) is 0.799. The van der Waals surface area contributed by atoms with Crippen molar-refractivity contribution < 1.29 is 0 Å². The summed E-state index contributed by atoms with van der Waals surface area (Å²) in [4.78, 5) is 0. The Morgan fingerprint density at radius 2 is 2.25 bits per heavy atom. The van der Waals surface area contributed by atoms with E-state index in [0.717, 1.165) is 25.6 Å². The monoisotopic (exact) mass is 221 g/mol. The molecule has 0 radical (unpaired) electrons. The van der Waals surface area contributed by atoms with Gasteiger partial charge in [0.1, 0.15) is 0 Å². The first-order valence-corrected chi connectivity index (χ1v) is 6.47. The summed E-state index contributed by atoms with van der Waals surface area (Å²) >= 11 is 0. The second-order valence-electron chi connectivity index (χ2n) is 5.20. The van der Waals surface area contributed by atoms with Crippen LogP contribution in [0.3, 0.4) is 0 Å². The second-order valence-corrected chi connectivity index (χ2v) is 5.20. The molecule has 0 atom stereocenters. The fourth-order valence-corrected chi connectivity index (χ4v) is 2.05. The molecule has 3 heteroatoms. The Labute approximate surface area is 98.2 Å². The maximum atomic E-state index is 4.50. The predicted molar refractivity (Wildman–Crippen MR) is 66.3 cm³/mol. The topological polar surface area (TPSA) is 29.9 Å². The summed E-state index contributed by atoms with van der Waals surface area (Å²) in [5.41, 5.74) is 2.79. The van der Waals surface area contributed by atoms with Gasteiger partial charge in [-0.2, -0.15) is 5.10 Å². The molecule has 0 unspecified atom stereocenters. The number of nitrogens with one attached hydrogen (secondary N) is 1. The molecule has 0 saturated heterocycles. The van der Waals surface area contributed by atoms with Crippen molar-refractivity contribution in [1.29, 1.82) is 0 Å². The molecular weight excluding hydrogens is 198 g/mol. The molecule has 2 rings (SSSR count). The first-order chi connectivity index (χ1) is 7.70. The van der Waals surface area contributed by atoms with Gasteiger partial charge in [-0.05, 0) is 25.2 Å². The van der Waals surface area contributed by atoms with Gasteiger partial charge in [-0.3, -0.25) is 4.68 Å². The van der Waals surface area contributed by atoms with E-state index in [1.807, 2.05) is 6.20 Å². The Bertz CT molecular complexity index is 337. The molecule has 3 nitrogen and oxygen atoms in total. The standard InChI is InChI=1S/C13H23N3/c1-4-13-11(7-14-12-5-6-12)8-15-16(13)9-10(2)3/h8,10,12,14H,4-7,9H2,1-3H3. The Kier molecular flexibility index (Phi) is 3.64. The maximum absolute atomic E-state index is 4.50. The van der Waals surface area contributed by atoms with Crippen LogP contribution in [-0.4, -0.2) is 15.8 Å². The van der Waals surface area contributed by atoms with Crippen LogP contribution in [0, 0.1) is 5.92 Å². The molecular formula is C13H23N3. The lowest BCUT2D eigenvalue weighted by molar-refractivity contribution is 0.469. The largest absolute Gasteiger partial charge is 0.310 e. The van der Waals surface area contributed by atoms with Gasteiger partial charge < -0.3 is 5.32 Å². The van der Waals surface area contributed by atoms with Crippen molar-refractivity contribution in [2.75, 3.05) is 0 Å². The molecule has 0 bridgehead atoms. The predicted octanol–water partition coefficient (Wildman–Crippen LogP) is 2.35. The van der Waals surface area contributed by atoms with Gasteiger partial charge in [-0.1, -0.05) is 20.8 Å². The lowest BCUT2D eigenvalue weighted by atomic mass is 10.2. The van der Waals surface area contributed by atoms with Crippen LogP contribution in [0.1, 0.15) is 44.9 Å². The van der Waals surface area contributed by atoms with Gasteiger partial charge in [0, 0.05) is 30.4 Å². The molecule has 1 N–H and O–H groups in total. The van der Waals surface area contributed by atoms with E-state index in [1.165, 1.54) is 24.1 Å². The van der Waals surface area contributed by atoms with Crippen molar-refractivity contribution in [3.05, 3.63) is 17.5 Å². The van der Waals surface area contributed by atoms with Gasteiger partial charge in [0.25, 0.3) is 0 Å². The third-order valence-electron chi connectivity index (χ3n) is 3.07. The number of aromatic nitrogens is 2. The molecule has 0 spiro atoms. The highest BCUT2D eigenvalue weighted by Gasteiger charge is 2.21. The first kappa shape index (κ1) is 11.6. The normalized spacial score (nSPS) is 16.0. The van der Waals surface area contributed by atoms with Crippen LogP contribution < -0.4 is 5.32 Å². The van der Waals surface area contributed by atoms with Crippen LogP contribution in [0.2, 0.25) is 0 Å². The average molecular weight is 221 g/mol. The van der Waals surface area contributed by atoms with E-state index in [4.69, 9.17) is 0 Å². The summed E-state index contributed by atoms with van der Waals surface area (Å²) in [6.07, 6.45) is 5.81. The van der Waals surface area contributed by atoms with Crippen LogP contribution in [0.15, 0.2) is 6.20 Å². The second kappa shape index (κ2) is 5.00. The highest BCUT2D eigenvalue weighted by Crippen LogP contribution is 2.20. The Morgan fingerprint density at radius 1 is 1.50 bits per heavy atom. The van der Waals surface area contributed by atoms with Crippen LogP contribution in [0.25, 0.3) is 0 Å². The summed E-state index contributed by atoms with van der Waals surface area (Å²) in [6.45, 7) is 8.72. The van der Waals surface area contributed by atoms with E-state index in [0.29, 0.717) is 5.92 Å². The molecule has 1 aliphatic rings. The lowest BCUT2D eigenvalue weighted by Crippen LogP contribution is -2.17. The van der Waals surface area contributed by atoms with Crippen molar-refractivity contribution in [3.8, 4) is 0 Å². The summed E-state index contributed by atoms with van der Waals surface area (Å²) in [6, 6.07) is 0.776. The minimum Gasteiger partial charge on any atom is -0.310 e. The summed E-state index contributed by atoms with van der Waals surface area (Å²) in [5, 5.41) is 8.06. The Balaban J connectivity index is 2.01. The van der Waals surface area contributed by atoms with Crippen molar-refractivity contribution >= 4 is 0 Å². The van der Waals surface area contributed by atoms with Crippen LogP contribution in [-0.2, 0) is 19.5 Å². The van der Waals surface area contributed by atoms with Gasteiger partial charge in [-0.15, -0.1) is 0 Å². The molecule has 0 aliphatic heterocycles. The van der Waals surface area contributed by atoms with Crippen molar-refractivity contribution in [3.63, 3.8) is 0 Å². The summed E-state index contributed by atoms with van der Waals surface area (Å²) in [5.74, 6) is 0.662. The highest BCUT2D eigenvalue weighted by atomic mass is 15.3. The van der Waals surface area contributed by atoms with Crippen molar-refractivity contribution in [2.24, 2.45) is 5.92 Å². The Hall–Kier alpha value is -0.830. The minimum atomic E-state index is 0.662. The number of nitrogens with zero attached hydrogens (tertiary/aromatic N) is 2. The molecule has 1 aromatic rings. The van der Waals surface area contributed by atoms with Crippen LogP contribution in [0.5, 0.6) is 0 Å². The molecule has 1 heterocycles. The fraction of sp³-hybridized carbons (Fsp3) is 0.769. The van der Waals surface area contributed by atoms with Crippen molar-refractivity contribution in [2.45, 2.75) is 59.2 Å². The molecule has 0 amide bonds. The van der Waals surface area contributed by atoms with Gasteiger partial charge in [0.2, 0.25) is 0 Å². The van der Waals surface area contributed by atoms with E-state index >= 15 is 0 Å². The maximum Gasteiger partial charge on any atom is 0.0537 e. The van der Waals surface area contributed by atoms with Gasteiger partial charge in [0.15, 0.2) is 0 Å². The van der Waals surface area contributed by atoms with E-state index in [2.05, 4.69) is 35.9 Å². The van der Waals surface area contributed by atoms with Gasteiger partial charge >= 0.3 is 0 Å². The number of rotatable bonds is 6. The first-order valence-electron chi connectivity index (χ1n) is 6.47. The highest BCUT2D eigenvalue weighted by molar-refractivity contribution is 5.18. The smallest absolute Gasteiger partial charge is 0.0537 e. The van der Waals surface area contributed by atoms with E-state index in [1.54, 1.807) is 0 Å². The van der Waals surface area contributed by atoms with Crippen LogP contribution in [0.4, 0.5) is 0 Å². The van der Waals surface area contributed by atoms with Crippen LogP contribution >= 0.6 is 0 Å². The molecule has 1 aliphatic carbocycles. The van der Waals surface area contributed by atoms with E-state index in [-0.39, 0.29) is 0 Å². The third kappa shape index (κ3) is 2.85. The molecule has 1 fully saturated rings. The Morgan fingerprint density at radius 3 is 2.81 bits per heavy atom. The molecule has 1 aromatic heterocycles.